The van der Waals surface area contributed by atoms with Crippen LogP contribution in [0.1, 0.15) is 28.8 Å². The number of pyridine rings is 1. The van der Waals surface area contributed by atoms with Gasteiger partial charge in [-0.3, -0.25) is 9.78 Å². The predicted molar refractivity (Wildman–Crippen MR) is 76.5 cm³/mol. The Kier molecular flexibility index (Phi) is 2.18. The highest BCUT2D eigenvalue weighted by Gasteiger charge is 2.20. The van der Waals surface area contributed by atoms with Crippen LogP contribution in [0.4, 0.5) is 0 Å². The first-order chi connectivity index (χ1) is 9.34. The van der Waals surface area contributed by atoms with Crippen molar-refractivity contribution in [1.29, 1.82) is 0 Å². The number of nitrogens with zero attached hydrogens (tertiary/aromatic N) is 1. The third kappa shape index (κ3) is 1.49. The molecule has 4 rings (SSSR count). The van der Waals surface area contributed by atoms with Gasteiger partial charge in [-0.2, -0.15) is 0 Å². The number of benzene rings is 2. The molecule has 3 aromatic rings. The number of hydrogen-bond donors (Lipinski definition) is 0. The molecule has 0 saturated carbocycles. The Hall–Kier alpha value is -2.22. The van der Waals surface area contributed by atoms with Crippen molar-refractivity contribution < 1.29 is 4.79 Å². The molecule has 0 spiro atoms. The van der Waals surface area contributed by atoms with Crippen molar-refractivity contribution in [2.75, 3.05) is 0 Å². The Morgan fingerprint density at radius 2 is 1.89 bits per heavy atom. The van der Waals surface area contributed by atoms with Crippen molar-refractivity contribution >= 4 is 27.5 Å². The van der Waals surface area contributed by atoms with Crippen LogP contribution in [-0.2, 0) is 6.42 Å². The van der Waals surface area contributed by atoms with Gasteiger partial charge in [0.15, 0.2) is 5.78 Å². The SMILES string of the molecule is O=C1CCCc2c1cnc1ccc3ccccc3c21. The van der Waals surface area contributed by atoms with Gasteiger partial charge in [0.1, 0.15) is 0 Å². The van der Waals surface area contributed by atoms with E-state index in [1.807, 2.05) is 12.1 Å². The average molecular weight is 247 g/mol. The van der Waals surface area contributed by atoms with Gasteiger partial charge in [0.2, 0.25) is 0 Å². The van der Waals surface area contributed by atoms with Crippen molar-refractivity contribution in [1.82, 2.24) is 4.98 Å². The second-order valence-electron chi connectivity index (χ2n) is 5.11. The highest BCUT2D eigenvalue weighted by atomic mass is 16.1. The van der Waals surface area contributed by atoms with Gasteiger partial charge in [-0.25, -0.2) is 0 Å². The molecule has 2 aromatic carbocycles. The van der Waals surface area contributed by atoms with Crippen LogP contribution in [0.5, 0.6) is 0 Å². The van der Waals surface area contributed by atoms with Gasteiger partial charge in [-0.15, -0.1) is 0 Å². The largest absolute Gasteiger partial charge is 0.294 e. The van der Waals surface area contributed by atoms with Crippen LogP contribution in [0, 0.1) is 0 Å². The molecule has 0 atom stereocenters. The first-order valence-electron chi connectivity index (χ1n) is 6.67. The van der Waals surface area contributed by atoms with E-state index in [1.54, 1.807) is 6.20 Å². The lowest BCUT2D eigenvalue weighted by atomic mass is 9.87. The van der Waals surface area contributed by atoms with E-state index in [1.165, 1.54) is 21.7 Å². The molecule has 2 heteroatoms. The molecule has 0 unspecified atom stereocenters. The molecule has 19 heavy (non-hydrogen) atoms. The van der Waals surface area contributed by atoms with Gasteiger partial charge in [0, 0.05) is 23.6 Å². The summed E-state index contributed by atoms with van der Waals surface area (Å²) in [6, 6.07) is 12.5. The Morgan fingerprint density at radius 1 is 1.00 bits per heavy atom. The summed E-state index contributed by atoms with van der Waals surface area (Å²) in [6.07, 6.45) is 4.35. The summed E-state index contributed by atoms with van der Waals surface area (Å²) in [5.74, 6) is 0.239. The second-order valence-corrected chi connectivity index (χ2v) is 5.11. The molecular weight excluding hydrogens is 234 g/mol. The van der Waals surface area contributed by atoms with Crippen LogP contribution in [0.15, 0.2) is 42.6 Å². The molecule has 1 heterocycles. The second kappa shape index (κ2) is 3.89. The topological polar surface area (TPSA) is 30.0 Å². The summed E-state index contributed by atoms with van der Waals surface area (Å²) in [4.78, 5) is 16.5. The number of ketones is 1. The molecule has 1 aromatic heterocycles. The van der Waals surface area contributed by atoms with Gasteiger partial charge in [-0.05, 0) is 35.2 Å². The fraction of sp³-hybridized carbons (Fsp3) is 0.176. The number of Topliss-reactive ketones (excluding diaryl/α,β-unsaturated/α-hetero) is 1. The van der Waals surface area contributed by atoms with Crippen molar-refractivity contribution in [2.24, 2.45) is 0 Å². The number of aromatic nitrogens is 1. The molecule has 0 fully saturated rings. The van der Waals surface area contributed by atoms with Crippen molar-refractivity contribution in [3.63, 3.8) is 0 Å². The third-order valence-corrected chi connectivity index (χ3v) is 4.00. The summed E-state index contributed by atoms with van der Waals surface area (Å²) in [5.41, 5.74) is 3.01. The lowest BCUT2D eigenvalue weighted by molar-refractivity contribution is 0.0972. The Morgan fingerprint density at radius 3 is 2.84 bits per heavy atom. The molecule has 0 N–H and O–H groups in total. The fourth-order valence-corrected chi connectivity index (χ4v) is 3.09. The normalized spacial score (nSPS) is 14.8. The molecule has 0 bridgehead atoms. The Balaban J connectivity index is 2.22. The summed E-state index contributed by atoms with van der Waals surface area (Å²) >= 11 is 0. The van der Waals surface area contributed by atoms with Crippen LogP contribution >= 0.6 is 0 Å². The zero-order valence-corrected chi connectivity index (χ0v) is 10.5. The first-order valence-corrected chi connectivity index (χ1v) is 6.67. The van der Waals surface area contributed by atoms with E-state index in [0.29, 0.717) is 6.42 Å². The number of fused-ring (bicyclic) bond motifs is 5. The highest BCUT2D eigenvalue weighted by Crippen LogP contribution is 2.32. The average Bonchev–Trinajstić information content (AvgIpc) is 2.47. The maximum absolute atomic E-state index is 12.0. The maximum atomic E-state index is 12.0. The fourth-order valence-electron chi connectivity index (χ4n) is 3.09. The minimum absolute atomic E-state index is 0.239. The smallest absolute Gasteiger partial charge is 0.164 e. The third-order valence-electron chi connectivity index (χ3n) is 4.00. The van der Waals surface area contributed by atoms with Crippen LogP contribution in [0.2, 0.25) is 0 Å². The Bertz CT molecular complexity index is 820. The zero-order valence-electron chi connectivity index (χ0n) is 10.5. The molecular formula is C17H13NO. The van der Waals surface area contributed by atoms with Crippen molar-refractivity contribution in [2.45, 2.75) is 19.3 Å². The molecule has 0 radical (unpaired) electrons. The molecule has 2 nitrogen and oxygen atoms in total. The number of hydrogen-bond acceptors (Lipinski definition) is 2. The number of rotatable bonds is 0. The van der Waals surface area contributed by atoms with Gasteiger partial charge >= 0.3 is 0 Å². The van der Waals surface area contributed by atoms with E-state index in [4.69, 9.17) is 0 Å². The molecule has 92 valence electrons. The van der Waals surface area contributed by atoms with Crippen molar-refractivity contribution in [3.8, 4) is 0 Å². The number of carbonyl (C=O) groups excluding carboxylic acids is 1. The van der Waals surface area contributed by atoms with Gasteiger partial charge in [-0.1, -0.05) is 30.3 Å². The minimum atomic E-state index is 0.239. The zero-order chi connectivity index (χ0) is 12.8. The number of aryl methyl sites for hydroxylation is 1. The standard InChI is InChI=1S/C17H13NO/c19-16-7-3-6-13-14(16)10-18-15-9-8-11-4-1-2-5-12(11)17(13)15/h1-2,4-5,8-10H,3,6-7H2. The van der Waals surface area contributed by atoms with E-state index < -0.39 is 0 Å². The lowest BCUT2D eigenvalue weighted by Gasteiger charge is -2.17. The van der Waals surface area contributed by atoms with Crippen LogP contribution < -0.4 is 0 Å². The summed E-state index contributed by atoms with van der Waals surface area (Å²) in [5, 5.41) is 3.59. The van der Waals surface area contributed by atoms with Crippen molar-refractivity contribution in [3.05, 3.63) is 53.7 Å². The summed E-state index contributed by atoms with van der Waals surface area (Å²) in [7, 11) is 0. The van der Waals surface area contributed by atoms with E-state index in [2.05, 4.69) is 29.2 Å². The molecule has 1 aliphatic rings. The maximum Gasteiger partial charge on any atom is 0.164 e. The molecule has 1 aliphatic carbocycles. The van der Waals surface area contributed by atoms with Crippen LogP contribution in [0.25, 0.3) is 21.7 Å². The van der Waals surface area contributed by atoms with E-state index >= 15 is 0 Å². The summed E-state index contributed by atoms with van der Waals surface area (Å²) in [6.45, 7) is 0. The van der Waals surface area contributed by atoms with Gasteiger partial charge in [0.25, 0.3) is 0 Å². The summed E-state index contributed by atoms with van der Waals surface area (Å²) < 4.78 is 0. The number of carbonyl (C=O) groups is 1. The van der Waals surface area contributed by atoms with E-state index in [9.17, 15) is 4.79 Å². The molecule has 0 amide bonds. The van der Waals surface area contributed by atoms with E-state index in [0.717, 1.165) is 23.9 Å². The van der Waals surface area contributed by atoms with Gasteiger partial charge < -0.3 is 0 Å². The molecule has 0 aliphatic heterocycles. The van der Waals surface area contributed by atoms with Gasteiger partial charge in [0.05, 0.1) is 5.52 Å². The minimum Gasteiger partial charge on any atom is -0.294 e. The predicted octanol–water partition coefficient (Wildman–Crippen LogP) is 3.91. The lowest BCUT2D eigenvalue weighted by Crippen LogP contribution is -2.11. The quantitative estimate of drug-likeness (QED) is 0.564. The highest BCUT2D eigenvalue weighted by molar-refractivity contribution is 6.12. The molecule has 0 saturated heterocycles. The first kappa shape index (κ1) is 10.7. The van der Waals surface area contributed by atoms with E-state index in [-0.39, 0.29) is 5.78 Å². The van der Waals surface area contributed by atoms with Crippen LogP contribution in [-0.4, -0.2) is 10.8 Å². The monoisotopic (exact) mass is 247 g/mol. The van der Waals surface area contributed by atoms with Crippen LogP contribution in [0.3, 0.4) is 0 Å². The Labute approximate surface area is 111 Å².